The molecule has 3 nitrogen and oxygen atoms in total. The second-order valence-electron chi connectivity index (χ2n) is 5.13. The third-order valence-electron chi connectivity index (χ3n) is 3.75. The third kappa shape index (κ3) is 3.10. The van der Waals surface area contributed by atoms with Crippen molar-refractivity contribution in [3.8, 4) is 0 Å². The number of thioether (sulfide) groups is 1. The Balaban J connectivity index is 2.38. The molecule has 0 atom stereocenters. The normalized spacial score (nSPS) is 15.9. The zero-order chi connectivity index (χ0) is 15.4. The molecule has 2 rings (SSSR count). The van der Waals surface area contributed by atoms with Crippen LogP contribution in [-0.2, 0) is 4.79 Å². The van der Waals surface area contributed by atoms with Crippen LogP contribution < -0.4 is 4.90 Å². The summed E-state index contributed by atoms with van der Waals surface area (Å²) in [6, 6.07) is 8.39. The lowest BCUT2D eigenvalue weighted by molar-refractivity contribution is -0.126. The maximum absolute atomic E-state index is 12.6. The van der Waals surface area contributed by atoms with E-state index in [1.807, 2.05) is 25.7 Å². The first-order valence-electron chi connectivity index (χ1n) is 7.68. The number of rotatable bonds is 5. The molecular weight excluding hydrogens is 280 g/mol. The molecule has 21 heavy (non-hydrogen) atoms. The zero-order valence-corrected chi connectivity index (χ0v) is 14.2. The van der Waals surface area contributed by atoms with E-state index < -0.39 is 0 Å². The number of anilines is 1. The van der Waals surface area contributed by atoms with E-state index in [4.69, 9.17) is 0 Å². The monoisotopic (exact) mass is 304 g/mol. The molecule has 0 N–H and O–H groups in total. The standard InChI is InChI=1S/C17H24N2OS/c1-5-12-19-14-10-8-9-11-15(14)21-17(19)13(4)16(20)18(6-2)7-3/h8-11H,5-7,12H2,1-4H3/b17-13-. The van der Waals surface area contributed by atoms with E-state index in [1.54, 1.807) is 11.8 Å². The van der Waals surface area contributed by atoms with Crippen LogP contribution in [0.15, 0.2) is 39.8 Å². The van der Waals surface area contributed by atoms with Crippen LogP contribution in [-0.4, -0.2) is 30.4 Å². The van der Waals surface area contributed by atoms with Gasteiger partial charge in [0.1, 0.15) is 0 Å². The highest BCUT2D eigenvalue weighted by Gasteiger charge is 2.28. The summed E-state index contributed by atoms with van der Waals surface area (Å²) in [5.74, 6) is 0.149. The van der Waals surface area contributed by atoms with E-state index in [-0.39, 0.29) is 5.91 Å². The molecule has 0 bridgehead atoms. The summed E-state index contributed by atoms with van der Waals surface area (Å²) in [6.45, 7) is 10.6. The molecule has 1 aliphatic rings. The molecular formula is C17H24N2OS. The van der Waals surface area contributed by atoms with Gasteiger partial charge in [0.2, 0.25) is 0 Å². The molecule has 0 radical (unpaired) electrons. The second kappa shape index (κ2) is 7.03. The number of benzene rings is 1. The van der Waals surface area contributed by atoms with Gasteiger partial charge in [-0.25, -0.2) is 0 Å². The average Bonchev–Trinajstić information content (AvgIpc) is 2.87. The van der Waals surface area contributed by atoms with Crippen molar-refractivity contribution in [2.24, 2.45) is 0 Å². The van der Waals surface area contributed by atoms with Gasteiger partial charge in [-0.05, 0) is 39.3 Å². The molecule has 1 amide bonds. The fraction of sp³-hybridized carbons (Fsp3) is 0.471. The van der Waals surface area contributed by atoms with Crippen molar-refractivity contribution in [1.82, 2.24) is 4.90 Å². The number of nitrogens with zero attached hydrogens (tertiary/aromatic N) is 2. The van der Waals surface area contributed by atoms with Gasteiger partial charge in [-0.2, -0.15) is 0 Å². The minimum atomic E-state index is 0.149. The van der Waals surface area contributed by atoms with Crippen molar-refractivity contribution in [3.63, 3.8) is 0 Å². The summed E-state index contributed by atoms with van der Waals surface area (Å²) >= 11 is 1.72. The minimum absolute atomic E-state index is 0.149. The van der Waals surface area contributed by atoms with Gasteiger partial charge in [0.05, 0.1) is 10.7 Å². The van der Waals surface area contributed by atoms with E-state index in [1.165, 1.54) is 10.6 Å². The lowest BCUT2D eigenvalue weighted by atomic mass is 10.2. The van der Waals surface area contributed by atoms with Gasteiger partial charge in [-0.1, -0.05) is 30.8 Å². The van der Waals surface area contributed by atoms with Crippen LogP contribution in [0.2, 0.25) is 0 Å². The maximum atomic E-state index is 12.6. The van der Waals surface area contributed by atoms with Crippen LogP contribution >= 0.6 is 11.8 Å². The molecule has 114 valence electrons. The Hall–Kier alpha value is -1.42. The van der Waals surface area contributed by atoms with Crippen LogP contribution in [0, 0.1) is 0 Å². The first-order valence-corrected chi connectivity index (χ1v) is 8.50. The molecule has 0 saturated heterocycles. The number of carbonyl (C=O) groups is 1. The van der Waals surface area contributed by atoms with Crippen molar-refractivity contribution < 1.29 is 4.79 Å². The topological polar surface area (TPSA) is 23.6 Å². The Labute approximate surface area is 132 Å². The van der Waals surface area contributed by atoms with E-state index in [9.17, 15) is 4.79 Å². The van der Waals surface area contributed by atoms with Crippen molar-refractivity contribution in [2.75, 3.05) is 24.5 Å². The van der Waals surface area contributed by atoms with Crippen molar-refractivity contribution in [1.29, 1.82) is 0 Å². The summed E-state index contributed by atoms with van der Waals surface area (Å²) in [5, 5.41) is 1.09. The van der Waals surface area contributed by atoms with Crippen molar-refractivity contribution in [3.05, 3.63) is 34.9 Å². The van der Waals surface area contributed by atoms with Crippen molar-refractivity contribution >= 4 is 23.4 Å². The van der Waals surface area contributed by atoms with Gasteiger partial charge in [0, 0.05) is 30.1 Å². The maximum Gasteiger partial charge on any atom is 0.252 e. The molecule has 1 heterocycles. The van der Waals surface area contributed by atoms with Crippen LogP contribution in [0.3, 0.4) is 0 Å². The predicted octanol–water partition coefficient (Wildman–Crippen LogP) is 4.11. The predicted molar refractivity (Wildman–Crippen MR) is 90.6 cm³/mol. The fourth-order valence-electron chi connectivity index (χ4n) is 2.60. The lowest BCUT2D eigenvalue weighted by Crippen LogP contribution is -2.33. The van der Waals surface area contributed by atoms with Crippen LogP contribution in [0.1, 0.15) is 34.1 Å². The quantitative estimate of drug-likeness (QED) is 0.765. The van der Waals surface area contributed by atoms with Crippen LogP contribution in [0.5, 0.6) is 0 Å². The number of likely N-dealkylation sites (N-methyl/N-ethyl adjacent to an activating group) is 1. The van der Waals surface area contributed by atoms with Crippen molar-refractivity contribution in [2.45, 2.75) is 39.0 Å². The number of hydrogen-bond acceptors (Lipinski definition) is 3. The number of hydrogen-bond donors (Lipinski definition) is 0. The Morgan fingerprint density at radius 1 is 1.19 bits per heavy atom. The summed E-state index contributed by atoms with van der Waals surface area (Å²) in [6.07, 6.45) is 1.06. The first-order chi connectivity index (χ1) is 10.1. The Morgan fingerprint density at radius 3 is 2.48 bits per heavy atom. The molecule has 0 unspecified atom stereocenters. The van der Waals surface area contributed by atoms with E-state index in [0.717, 1.165) is 36.7 Å². The molecule has 0 spiro atoms. The molecule has 0 saturated carbocycles. The Kier molecular flexibility index (Phi) is 5.34. The number of fused-ring (bicyclic) bond motifs is 1. The fourth-order valence-corrected chi connectivity index (χ4v) is 3.78. The highest BCUT2D eigenvalue weighted by atomic mass is 32.2. The third-order valence-corrected chi connectivity index (χ3v) is 5.03. The van der Waals surface area contributed by atoms with Gasteiger partial charge in [0.25, 0.3) is 5.91 Å². The summed E-state index contributed by atoms with van der Waals surface area (Å²) in [5.41, 5.74) is 2.08. The smallest absolute Gasteiger partial charge is 0.252 e. The number of amides is 1. The van der Waals surface area contributed by atoms with E-state index in [2.05, 4.69) is 36.1 Å². The number of carbonyl (C=O) groups excluding carboxylic acids is 1. The summed E-state index contributed by atoms with van der Waals surface area (Å²) in [7, 11) is 0. The van der Waals surface area contributed by atoms with Gasteiger partial charge in [0.15, 0.2) is 0 Å². The molecule has 4 heteroatoms. The summed E-state index contributed by atoms with van der Waals surface area (Å²) < 4.78 is 0. The minimum Gasteiger partial charge on any atom is -0.339 e. The lowest BCUT2D eigenvalue weighted by Gasteiger charge is -2.24. The molecule has 0 aromatic heterocycles. The van der Waals surface area contributed by atoms with Gasteiger partial charge >= 0.3 is 0 Å². The molecule has 0 aliphatic carbocycles. The van der Waals surface area contributed by atoms with E-state index in [0.29, 0.717) is 0 Å². The van der Waals surface area contributed by atoms with Crippen LogP contribution in [0.25, 0.3) is 0 Å². The molecule has 0 fully saturated rings. The summed E-state index contributed by atoms with van der Waals surface area (Å²) in [4.78, 5) is 18.0. The number of para-hydroxylation sites is 1. The second-order valence-corrected chi connectivity index (χ2v) is 6.16. The highest BCUT2D eigenvalue weighted by molar-refractivity contribution is 8.03. The highest BCUT2D eigenvalue weighted by Crippen LogP contribution is 2.47. The van der Waals surface area contributed by atoms with Gasteiger partial charge < -0.3 is 9.80 Å². The SMILES string of the molecule is CCCN1/C(=C(\C)C(=O)N(CC)CC)Sc2ccccc21. The van der Waals surface area contributed by atoms with Crippen LogP contribution in [0.4, 0.5) is 5.69 Å². The zero-order valence-electron chi connectivity index (χ0n) is 13.3. The molecule has 1 aromatic rings. The Morgan fingerprint density at radius 2 is 1.86 bits per heavy atom. The molecule has 1 aromatic carbocycles. The first kappa shape index (κ1) is 16.0. The van der Waals surface area contributed by atoms with Gasteiger partial charge in [-0.15, -0.1) is 0 Å². The van der Waals surface area contributed by atoms with Gasteiger partial charge in [-0.3, -0.25) is 4.79 Å². The Bertz CT molecular complexity index is 549. The average molecular weight is 304 g/mol. The van der Waals surface area contributed by atoms with E-state index >= 15 is 0 Å². The largest absolute Gasteiger partial charge is 0.339 e. The molecule has 1 aliphatic heterocycles.